The third-order valence-electron chi connectivity index (χ3n) is 5.38. The summed E-state index contributed by atoms with van der Waals surface area (Å²) in [6.07, 6.45) is 5.49. The lowest BCUT2D eigenvalue weighted by Gasteiger charge is -2.40. The van der Waals surface area contributed by atoms with Crippen LogP contribution in [-0.2, 0) is 10.0 Å². The number of nitrogens with zero attached hydrogens (tertiary/aromatic N) is 2. The highest BCUT2D eigenvalue weighted by Gasteiger charge is 2.37. The molecule has 1 aliphatic heterocycles. The smallest absolute Gasteiger partial charge is 0.258 e. The number of hydrogen-bond acceptors (Lipinski definition) is 4. The van der Waals surface area contributed by atoms with Crippen LogP contribution in [0.2, 0.25) is 5.02 Å². The third-order valence-corrected chi connectivity index (χ3v) is 7.61. The first-order valence-electron chi connectivity index (χ1n) is 8.25. The summed E-state index contributed by atoms with van der Waals surface area (Å²) in [4.78, 5) is 10.5. The van der Waals surface area contributed by atoms with E-state index in [1.165, 1.54) is 30.1 Å². The Bertz CT molecular complexity index is 766. The average molecular weight is 373 g/mol. The Kier molecular flexibility index (Phi) is 4.86. The first kappa shape index (κ1) is 17.6. The summed E-state index contributed by atoms with van der Waals surface area (Å²) in [7, 11) is -3.76. The van der Waals surface area contributed by atoms with Gasteiger partial charge >= 0.3 is 0 Å². The minimum Gasteiger partial charge on any atom is -0.258 e. The SMILES string of the molecule is Cc1c(Cl)cc(S(=O)(=O)N2CC[C@H]3CCCC[C@@H]3C2)cc1[N+](=O)[O-]. The standard InChI is InChI=1S/C16H21ClN2O4S/c1-11-15(17)8-14(9-16(11)19(20)21)24(22,23)18-7-6-12-4-2-3-5-13(12)10-18/h8-9,12-13H,2-7,10H2,1H3/t12-,13-/m1/s1. The van der Waals surface area contributed by atoms with E-state index in [0.717, 1.165) is 25.3 Å². The van der Waals surface area contributed by atoms with Gasteiger partial charge in [0, 0.05) is 24.7 Å². The minimum atomic E-state index is -3.76. The zero-order valence-electron chi connectivity index (χ0n) is 13.6. The number of halogens is 1. The molecule has 1 aromatic carbocycles. The van der Waals surface area contributed by atoms with Crippen molar-refractivity contribution in [2.24, 2.45) is 11.8 Å². The number of hydrogen-bond donors (Lipinski definition) is 0. The van der Waals surface area contributed by atoms with Crippen LogP contribution < -0.4 is 0 Å². The van der Waals surface area contributed by atoms with Gasteiger partial charge in [0.05, 0.1) is 14.8 Å². The van der Waals surface area contributed by atoms with Crippen LogP contribution in [0.5, 0.6) is 0 Å². The molecule has 0 unspecified atom stereocenters. The molecule has 2 atom stereocenters. The molecular formula is C16H21ClN2O4S. The first-order chi connectivity index (χ1) is 11.3. The number of nitro groups is 1. The number of benzene rings is 1. The van der Waals surface area contributed by atoms with Gasteiger partial charge in [-0.25, -0.2) is 8.42 Å². The first-order valence-corrected chi connectivity index (χ1v) is 10.1. The summed E-state index contributed by atoms with van der Waals surface area (Å²) in [5.74, 6) is 1.01. The molecule has 0 N–H and O–H groups in total. The number of fused-ring (bicyclic) bond motifs is 1. The fraction of sp³-hybridized carbons (Fsp3) is 0.625. The maximum absolute atomic E-state index is 12.9. The van der Waals surface area contributed by atoms with Gasteiger partial charge in [0.2, 0.25) is 10.0 Å². The molecule has 1 aliphatic carbocycles. The van der Waals surface area contributed by atoms with Gasteiger partial charge in [-0.3, -0.25) is 10.1 Å². The molecule has 24 heavy (non-hydrogen) atoms. The van der Waals surface area contributed by atoms with Gasteiger partial charge in [-0.1, -0.05) is 30.9 Å². The molecule has 1 saturated carbocycles. The van der Waals surface area contributed by atoms with Crippen LogP contribution in [0, 0.1) is 28.9 Å². The van der Waals surface area contributed by atoms with E-state index in [2.05, 4.69) is 0 Å². The van der Waals surface area contributed by atoms with Crippen molar-refractivity contribution in [3.63, 3.8) is 0 Å². The fourth-order valence-electron chi connectivity index (χ4n) is 3.91. The van der Waals surface area contributed by atoms with Crippen LogP contribution in [0.25, 0.3) is 0 Å². The van der Waals surface area contributed by atoms with E-state index in [1.807, 2.05) is 0 Å². The van der Waals surface area contributed by atoms with E-state index in [-0.39, 0.29) is 21.2 Å². The summed E-state index contributed by atoms with van der Waals surface area (Å²) < 4.78 is 27.4. The average Bonchev–Trinajstić information content (AvgIpc) is 2.56. The molecule has 8 heteroatoms. The fourth-order valence-corrected chi connectivity index (χ4v) is 5.75. The molecule has 0 amide bonds. The second-order valence-corrected chi connectivity index (χ2v) is 9.11. The second-order valence-electron chi connectivity index (χ2n) is 6.76. The van der Waals surface area contributed by atoms with Gasteiger partial charge in [-0.05, 0) is 37.7 Å². The lowest BCUT2D eigenvalue weighted by atomic mass is 9.76. The van der Waals surface area contributed by atoms with Crippen LogP contribution in [0.4, 0.5) is 5.69 Å². The Hall–Kier alpha value is -1.18. The van der Waals surface area contributed by atoms with Crippen molar-refractivity contribution in [1.29, 1.82) is 0 Å². The van der Waals surface area contributed by atoms with Crippen LogP contribution in [0.1, 0.15) is 37.7 Å². The quantitative estimate of drug-likeness (QED) is 0.597. The van der Waals surface area contributed by atoms with Crippen molar-refractivity contribution >= 4 is 27.3 Å². The highest BCUT2D eigenvalue weighted by molar-refractivity contribution is 7.89. The second kappa shape index (κ2) is 6.61. The summed E-state index contributed by atoms with van der Waals surface area (Å²) >= 11 is 6.03. The lowest BCUT2D eigenvalue weighted by Crippen LogP contribution is -2.44. The van der Waals surface area contributed by atoms with Crippen LogP contribution in [-0.4, -0.2) is 30.7 Å². The van der Waals surface area contributed by atoms with E-state index in [9.17, 15) is 18.5 Å². The predicted octanol–water partition coefficient (Wildman–Crippen LogP) is 3.76. The summed E-state index contributed by atoms with van der Waals surface area (Å²) in [6.45, 7) is 2.50. The van der Waals surface area contributed by atoms with Crippen LogP contribution in [0.15, 0.2) is 17.0 Å². The highest BCUT2D eigenvalue weighted by Crippen LogP contribution is 2.38. The van der Waals surface area contributed by atoms with Gasteiger partial charge in [-0.15, -0.1) is 0 Å². The lowest BCUT2D eigenvalue weighted by molar-refractivity contribution is -0.385. The maximum Gasteiger partial charge on any atom is 0.275 e. The third kappa shape index (κ3) is 3.17. The van der Waals surface area contributed by atoms with E-state index >= 15 is 0 Å². The topological polar surface area (TPSA) is 80.5 Å². The van der Waals surface area contributed by atoms with E-state index < -0.39 is 14.9 Å². The Morgan fingerprint density at radius 1 is 1.21 bits per heavy atom. The largest absolute Gasteiger partial charge is 0.275 e. The molecule has 2 aliphatic rings. The van der Waals surface area contributed by atoms with Crippen LogP contribution >= 0.6 is 11.6 Å². The number of sulfonamides is 1. The molecule has 0 spiro atoms. The van der Waals surface area contributed by atoms with Gasteiger partial charge in [0.15, 0.2) is 0 Å². The molecule has 0 aromatic heterocycles. The molecule has 132 valence electrons. The van der Waals surface area contributed by atoms with Crippen LogP contribution in [0.3, 0.4) is 0 Å². The molecule has 1 aromatic rings. The van der Waals surface area contributed by atoms with Crippen molar-refractivity contribution in [2.45, 2.75) is 43.9 Å². The molecule has 6 nitrogen and oxygen atoms in total. The molecule has 1 heterocycles. The molecule has 0 bridgehead atoms. The number of nitro benzene ring substituents is 1. The summed E-state index contributed by atoms with van der Waals surface area (Å²) in [5.41, 5.74) is 0.0280. The van der Waals surface area contributed by atoms with Gasteiger partial charge in [0.1, 0.15) is 0 Å². The molecule has 3 rings (SSSR count). The maximum atomic E-state index is 12.9. The zero-order chi connectivity index (χ0) is 17.5. The molecule has 0 radical (unpaired) electrons. The Morgan fingerprint density at radius 3 is 2.54 bits per heavy atom. The van der Waals surface area contributed by atoms with Crippen molar-refractivity contribution in [1.82, 2.24) is 4.31 Å². The Morgan fingerprint density at radius 2 is 1.88 bits per heavy atom. The Balaban J connectivity index is 1.92. The van der Waals surface area contributed by atoms with Crippen molar-refractivity contribution in [2.75, 3.05) is 13.1 Å². The van der Waals surface area contributed by atoms with Gasteiger partial charge in [0.25, 0.3) is 5.69 Å². The normalized spacial score (nSPS) is 25.2. The monoisotopic (exact) mass is 372 g/mol. The van der Waals surface area contributed by atoms with Gasteiger partial charge < -0.3 is 0 Å². The number of rotatable bonds is 3. The molecule has 1 saturated heterocycles. The summed E-state index contributed by atoms with van der Waals surface area (Å²) in [6, 6.07) is 2.45. The predicted molar refractivity (Wildman–Crippen MR) is 91.7 cm³/mol. The van der Waals surface area contributed by atoms with Crippen molar-refractivity contribution in [3.05, 3.63) is 32.8 Å². The van der Waals surface area contributed by atoms with E-state index in [0.29, 0.717) is 24.9 Å². The minimum absolute atomic E-state index is 0.0842. The number of piperidine rings is 1. The molecular weight excluding hydrogens is 352 g/mol. The zero-order valence-corrected chi connectivity index (χ0v) is 15.1. The highest BCUT2D eigenvalue weighted by atomic mass is 35.5. The van der Waals surface area contributed by atoms with Crippen molar-refractivity contribution < 1.29 is 13.3 Å². The van der Waals surface area contributed by atoms with Gasteiger partial charge in [-0.2, -0.15) is 4.31 Å². The summed E-state index contributed by atoms with van der Waals surface area (Å²) in [5, 5.41) is 11.3. The molecule has 2 fully saturated rings. The Labute approximate surface area is 147 Å². The van der Waals surface area contributed by atoms with E-state index in [1.54, 1.807) is 0 Å². The van der Waals surface area contributed by atoms with Crippen molar-refractivity contribution in [3.8, 4) is 0 Å². The van der Waals surface area contributed by atoms with E-state index in [4.69, 9.17) is 11.6 Å².